The molecule has 8 nitrogen and oxygen atoms in total. The predicted molar refractivity (Wildman–Crippen MR) is 163 cm³/mol. The van der Waals surface area contributed by atoms with Crippen LogP contribution in [0.4, 0.5) is 0 Å². The highest BCUT2D eigenvalue weighted by Gasteiger charge is 2.36. The van der Waals surface area contributed by atoms with E-state index in [-0.39, 0.29) is 24.2 Å². The van der Waals surface area contributed by atoms with E-state index >= 15 is 0 Å². The van der Waals surface area contributed by atoms with Gasteiger partial charge >= 0.3 is 0 Å². The third-order valence-corrected chi connectivity index (χ3v) is 10.7. The molecule has 1 unspecified atom stereocenters. The fourth-order valence-electron chi connectivity index (χ4n) is 6.07. The lowest BCUT2D eigenvalue weighted by molar-refractivity contribution is 0.0668. The lowest BCUT2D eigenvalue weighted by atomic mass is 9.90. The van der Waals surface area contributed by atoms with Crippen molar-refractivity contribution in [3.8, 4) is 11.5 Å². The molecule has 0 spiro atoms. The number of hydrogen-bond acceptors (Lipinski definition) is 7. The van der Waals surface area contributed by atoms with Crippen molar-refractivity contribution in [3.05, 3.63) is 93.7 Å². The number of fused-ring (bicyclic) bond motifs is 1. The van der Waals surface area contributed by atoms with Crippen LogP contribution < -0.4 is 9.47 Å². The summed E-state index contributed by atoms with van der Waals surface area (Å²) in [7, 11) is -2.38. The maximum atomic E-state index is 14.2. The molecule has 0 amide bonds. The topological polar surface area (TPSA) is 85.5 Å². The summed E-state index contributed by atoms with van der Waals surface area (Å²) < 4.78 is 45.6. The van der Waals surface area contributed by atoms with Crippen LogP contribution in [0.2, 0.25) is 0 Å². The maximum Gasteiger partial charge on any atom is 0.266 e. The number of methoxy groups -OCH3 is 1. The first-order chi connectivity index (χ1) is 20.0. The summed E-state index contributed by atoms with van der Waals surface area (Å²) in [5.74, 6) is 1.27. The highest BCUT2D eigenvalue weighted by molar-refractivity contribution is 8.17. The lowest BCUT2D eigenvalue weighted by Crippen LogP contribution is -2.39. The van der Waals surface area contributed by atoms with Crippen LogP contribution in [-0.4, -0.2) is 49.7 Å². The van der Waals surface area contributed by atoms with Gasteiger partial charge in [-0.2, -0.15) is 0 Å². The standard InChI is InChI=1S/C31H35N4O4S2/c1-22-11-12-24(29(18-22)38-2)20-35(31-32-21-33-40-31)41(36,37)25-13-14-26-28(15-17-39-30(26)19-25)34-16-7-6-10-27(34)23-8-4-3-5-9-23/h3-5,8-9,11-14,18-19,27-28H,6-7,10,15-17,20-21H2,1-2H3/q-1/t27-,28?/m0/s1. The number of ether oxygens (including phenoxy) is 2. The van der Waals surface area contributed by atoms with Gasteiger partial charge in [0.15, 0.2) is 5.17 Å². The minimum Gasteiger partial charge on any atom is -0.580 e. The van der Waals surface area contributed by atoms with Crippen molar-refractivity contribution < 1.29 is 17.9 Å². The summed E-state index contributed by atoms with van der Waals surface area (Å²) in [5, 5.41) is 0.350. The number of piperidine rings is 1. The molecule has 6 rings (SSSR count). The smallest absolute Gasteiger partial charge is 0.266 e. The molecule has 0 N–H and O–H groups in total. The van der Waals surface area contributed by atoms with Crippen LogP contribution in [-0.2, 0) is 16.6 Å². The largest absolute Gasteiger partial charge is 0.580 e. The molecular weight excluding hydrogens is 556 g/mol. The summed E-state index contributed by atoms with van der Waals surface area (Å²) >= 11 is 1.10. The Balaban J connectivity index is 1.33. The number of amidine groups is 1. The Hall–Kier alpha value is -3.05. The van der Waals surface area contributed by atoms with E-state index in [4.69, 9.17) is 9.47 Å². The molecule has 3 aromatic rings. The fraction of sp³-hybridized carbons (Fsp3) is 0.387. The number of sulfonamides is 1. The molecule has 216 valence electrons. The van der Waals surface area contributed by atoms with Crippen LogP contribution in [0.15, 0.2) is 76.6 Å². The molecule has 0 radical (unpaired) electrons. The van der Waals surface area contributed by atoms with Gasteiger partial charge in [-0.25, -0.2) is 24.7 Å². The van der Waals surface area contributed by atoms with E-state index in [0.717, 1.165) is 54.4 Å². The number of likely N-dealkylation sites (tertiary alicyclic amines) is 1. The van der Waals surface area contributed by atoms with Crippen LogP contribution in [0.25, 0.3) is 4.72 Å². The zero-order valence-corrected chi connectivity index (χ0v) is 25.0. The van der Waals surface area contributed by atoms with Gasteiger partial charge in [-0.05, 0) is 56.2 Å². The fourth-order valence-corrected chi connectivity index (χ4v) is 8.28. The quantitative estimate of drug-likeness (QED) is 0.288. The molecule has 41 heavy (non-hydrogen) atoms. The number of hydrogen-bond donors (Lipinski definition) is 0. The normalized spacial score (nSPS) is 21.1. The van der Waals surface area contributed by atoms with Crippen molar-refractivity contribution in [2.75, 3.05) is 26.9 Å². The summed E-state index contributed by atoms with van der Waals surface area (Å²) in [6.45, 7) is 3.84. The van der Waals surface area contributed by atoms with Crippen molar-refractivity contribution in [1.29, 1.82) is 0 Å². The number of aryl methyl sites for hydroxylation is 1. The molecule has 0 saturated carbocycles. The molecular formula is C31H35N4O4S2-. The summed E-state index contributed by atoms with van der Waals surface area (Å²) in [4.78, 5) is 7.15. The first-order valence-electron chi connectivity index (χ1n) is 14.1. The highest BCUT2D eigenvalue weighted by Crippen LogP contribution is 2.44. The Morgan fingerprint density at radius 3 is 2.71 bits per heavy atom. The van der Waals surface area contributed by atoms with Crippen LogP contribution in [0, 0.1) is 6.92 Å². The summed E-state index contributed by atoms with van der Waals surface area (Å²) in [6.07, 6.45) is 4.35. The van der Waals surface area contributed by atoms with Gasteiger partial charge in [-0.15, -0.1) is 0 Å². The van der Waals surface area contributed by atoms with Gasteiger partial charge in [0.2, 0.25) is 0 Å². The molecule has 1 fully saturated rings. The van der Waals surface area contributed by atoms with E-state index in [1.807, 2.05) is 31.2 Å². The van der Waals surface area contributed by atoms with Gasteiger partial charge < -0.3 is 14.2 Å². The van der Waals surface area contributed by atoms with Gasteiger partial charge in [0.1, 0.15) is 11.5 Å². The van der Waals surface area contributed by atoms with Crippen LogP contribution >= 0.6 is 11.9 Å². The van der Waals surface area contributed by atoms with E-state index in [9.17, 15) is 8.42 Å². The third-order valence-electron chi connectivity index (χ3n) is 8.09. The average Bonchev–Trinajstić information content (AvgIpc) is 3.54. The molecule has 3 aromatic carbocycles. The van der Waals surface area contributed by atoms with Crippen molar-refractivity contribution >= 4 is 27.1 Å². The Kier molecular flexibility index (Phi) is 8.26. The van der Waals surface area contributed by atoms with E-state index in [0.29, 0.717) is 29.3 Å². The number of aliphatic imine (C=N–C) groups is 1. The van der Waals surface area contributed by atoms with Gasteiger partial charge in [0.25, 0.3) is 10.0 Å². The second-order valence-corrected chi connectivity index (χ2v) is 13.3. The molecule has 3 heterocycles. The predicted octanol–water partition coefficient (Wildman–Crippen LogP) is 6.59. The number of nitrogens with zero attached hydrogens (tertiary/aromatic N) is 4. The Morgan fingerprint density at radius 2 is 1.93 bits per heavy atom. The lowest BCUT2D eigenvalue weighted by Gasteiger charge is -2.43. The van der Waals surface area contributed by atoms with Crippen molar-refractivity contribution in [2.24, 2.45) is 4.99 Å². The number of benzene rings is 3. The monoisotopic (exact) mass is 591 g/mol. The molecule has 0 bridgehead atoms. The second kappa shape index (κ2) is 12.1. The van der Waals surface area contributed by atoms with E-state index < -0.39 is 10.0 Å². The molecule has 10 heteroatoms. The van der Waals surface area contributed by atoms with Gasteiger partial charge in [-0.1, -0.05) is 55.0 Å². The third kappa shape index (κ3) is 5.70. The van der Waals surface area contributed by atoms with Crippen molar-refractivity contribution in [3.63, 3.8) is 0 Å². The molecule has 0 aliphatic carbocycles. The molecule has 0 aromatic heterocycles. The zero-order chi connectivity index (χ0) is 28.4. The minimum atomic E-state index is -3.97. The Morgan fingerprint density at radius 1 is 1.07 bits per heavy atom. The van der Waals surface area contributed by atoms with E-state index in [1.54, 1.807) is 19.2 Å². The van der Waals surface area contributed by atoms with Crippen molar-refractivity contribution in [1.82, 2.24) is 9.21 Å². The molecule has 3 aliphatic heterocycles. The van der Waals surface area contributed by atoms with Gasteiger partial charge in [0.05, 0.1) is 25.2 Å². The van der Waals surface area contributed by atoms with Crippen molar-refractivity contribution in [2.45, 2.75) is 56.1 Å². The first-order valence-corrected chi connectivity index (χ1v) is 16.3. The Labute approximate surface area is 246 Å². The number of rotatable bonds is 7. The van der Waals surface area contributed by atoms with E-state index in [1.165, 1.54) is 16.3 Å². The van der Waals surface area contributed by atoms with Gasteiger partial charge in [-0.3, -0.25) is 9.89 Å². The molecule has 2 atom stereocenters. The molecule has 3 aliphatic rings. The molecule has 1 saturated heterocycles. The van der Waals surface area contributed by atoms with Crippen LogP contribution in [0.3, 0.4) is 0 Å². The maximum absolute atomic E-state index is 14.2. The summed E-state index contributed by atoms with van der Waals surface area (Å²) in [5.41, 5.74) is 4.17. The first kappa shape index (κ1) is 28.1. The zero-order valence-electron chi connectivity index (χ0n) is 23.4. The highest BCUT2D eigenvalue weighted by atomic mass is 32.2. The van der Waals surface area contributed by atoms with Crippen LogP contribution in [0.1, 0.15) is 60.0 Å². The van der Waals surface area contributed by atoms with E-state index in [2.05, 4.69) is 44.9 Å². The average molecular weight is 592 g/mol. The Bertz CT molecular complexity index is 1530. The SMILES string of the molecule is COc1cc(C)ccc1CN(C1=NC[N-]S1)S(=O)(=O)c1ccc2c(c1)OCCC2N1CCCC[C@H]1c1ccccc1. The van der Waals surface area contributed by atoms with Crippen LogP contribution in [0.5, 0.6) is 11.5 Å². The van der Waals surface area contributed by atoms with Gasteiger partial charge in [0, 0.05) is 35.7 Å². The summed E-state index contributed by atoms with van der Waals surface area (Å²) in [6, 6.07) is 22.3. The minimum absolute atomic E-state index is 0.0836. The second-order valence-electron chi connectivity index (χ2n) is 10.6.